The molecule has 0 N–H and O–H groups in total. The molecule has 4 amide bonds. The molecule has 0 saturated carbocycles. The number of hydroxylamine groups is 4. The van der Waals surface area contributed by atoms with Crippen LogP contribution in [0.5, 0.6) is 0 Å². The average Bonchev–Trinajstić information content (AvgIpc) is 3.72. The lowest BCUT2D eigenvalue weighted by atomic mass is 10.4. The van der Waals surface area contributed by atoms with E-state index in [-0.39, 0.29) is 71.6 Å². The highest BCUT2D eigenvalue weighted by atomic mass is 16.7. The van der Waals surface area contributed by atoms with Gasteiger partial charge in [-0.15, -0.1) is 15.2 Å². The molecule has 0 aliphatic carbocycles. The number of hydrogen-bond acceptors (Lipinski definition) is 16. The van der Waals surface area contributed by atoms with Gasteiger partial charge in [-0.1, -0.05) is 5.21 Å². The van der Waals surface area contributed by atoms with Crippen LogP contribution in [0.4, 0.5) is 0 Å². The Bertz CT molecular complexity index is 1130. The summed E-state index contributed by atoms with van der Waals surface area (Å²) in [7, 11) is 0. The number of amides is 4. The number of hydrogen-bond donors (Lipinski definition) is 0. The number of carbonyl (C=O) groups excluding carboxylic acids is 6. The first-order valence-corrected chi connectivity index (χ1v) is 14.8. The van der Waals surface area contributed by atoms with Crippen LogP contribution in [0.25, 0.3) is 0 Å². The Morgan fingerprint density at radius 3 is 1.41 bits per heavy atom. The first-order valence-electron chi connectivity index (χ1n) is 14.8. The van der Waals surface area contributed by atoms with Gasteiger partial charge in [-0.3, -0.25) is 19.2 Å². The molecule has 19 nitrogen and oxygen atoms in total. The van der Waals surface area contributed by atoms with Gasteiger partial charge in [0.15, 0.2) is 0 Å². The molecule has 2 aliphatic rings. The second-order valence-electron chi connectivity index (χ2n) is 9.68. The van der Waals surface area contributed by atoms with E-state index in [1.807, 2.05) is 0 Å². The van der Waals surface area contributed by atoms with Gasteiger partial charge in [0.1, 0.15) is 5.69 Å². The molecule has 2 fully saturated rings. The number of carbonyl (C=O) groups is 6. The van der Waals surface area contributed by atoms with Crippen molar-refractivity contribution in [2.75, 3.05) is 72.7 Å². The van der Waals surface area contributed by atoms with E-state index in [1.165, 1.54) is 0 Å². The van der Waals surface area contributed by atoms with Gasteiger partial charge in [-0.25, -0.2) is 14.3 Å². The van der Waals surface area contributed by atoms with Crippen molar-refractivity contribution < 1.29 is 66.9 Å². The van der Waals surface area contributed by atoms with Crippen molar-refractivity contribution in [3.8, 4) is 0 Å². The molecule has 0 bridgehead atoms. The van der Waals surface area contributed by atoms with Crippen LogP contribution in [0.1, 0.15) is 44.2 Å². The molecule has 0 unspecified atom stereocenters. The minimum atomic E-state index is -0.719. The molecule has 0 radical (unpaired) electrons. The fourth-order valence-electron chi connectivity index (χ4n) is 3.75. The highest BCUT2D eigenvalue weighted by Crippen LogP contribution is 2.13. The fraction of sp³-hybridized carbons (Fsp3) is 0.704. The zero-order chi connectivity index (χ0) is 33.0. The maximum atomic E-state index is 11.7. The predicted molar refractivity (Wildman–Crippen MR) is 147 cm³/mol. The maximum absolute atomic E-state index is 11.7. The molecule has 0 spiro atoms. The fourth-order valence-corrected chi connectivity index (χ4v) is 3.75. The first-order chi connectivity index (χ1) is 22.3. The molecule has 2 aliphatic heterocycles. The van der Waals surface area contributed by atoms with Crippen molar-refractivity contribution in [1.29, 1.82) is 0 Å². The van der Waals surface area contributed by atoms with E-state index in [1.54, 1.807) is 10.9 Å². The Morgan fingerprint density at radius 2 is 0.957 bits per heavy atom. The standard InChI is InChI=1S/C27H39N5O14/c33-22-1-2-23(34)31(22)45-26(37)5-8-39-11-14-42-16-13-41-10-7-30-19-21(28-29-30)20-44-18-17-43-15-12-40-9-6-27(38)46-32-24(35)3-4-25(32)36/h19H,1-18,20H2. The molecule has 46 heavy (non-hydrogen) atoms. The second-order valence-corrected chi connectivity index (χ2v) is 9.68. The SMILES string of the molecule is O=C(CCOCCOCCOCCn1cc(COCCOCCOCCC(=O)ON2C(=O)CCC2=O)nn1)ON1C(=O)CCC1=O. The van der Waals surface area contributed by atoms with Crippen molar-refractivity contribution in [2.45, 2.75) is 51.7 Å². The van der Waals surface area contributed by atoms with E-state index >= 15 is 0 Å². The third kappa shape index (κ3) is 14.0. The molecule has 256 valence electrons. The number of rotatable bonds is 25. The van der Waals surface area contributed by atoms with E-state index in [0.29, 0.717) is 68.6 Å². The van der Waals surface area contributed by atoms with Crippen molar-refractivity contribution in [2.24, 2.45) is 0 Å². The Morgan fingerprint density at radius 1 is 0.565 bits per heavy atom. The van der Waals surface area contributed by atoms with Crippen LogP contribution >= 0.6 is 0 Å². The summed E-state index contributed by atoms with van der Waals surface area (Å²) in [5.41, 5.74) is 0.655. The van der Waals surface area contributed by atoms with Crippen molar-refractivity contribution in [3.05, 3.63) is 11.9 Å². The Kier molecular flexibility index (Phi) is 16.7. The van der Waals surface area contributed by atoms with Gasteiger partial charge >= 0.3 is 11.9 Å². The highest BCUT2D eigenvalue weighted by Gasteiger charge is 2.33. The first kappa shape index (κ1) is 36.6. The minimum absolute atomic E-state index is 0.0442. The van der Waals surface area contributed by atoms with E-state index in [9.17, 15) is 28.8 Å². The zero-order valence-corrected chi connectivity index (χ0v) is 25.5. The Balaban J connectivity index is 1.04. The molecule has 19 heteroatoms. The van der Waals surface area contributed by atoms with Crippen molar-refractivity contribution in [3.63, 3.8) is 0 Å². The minimum Gasteiger partial charge on any atom is -0.378 e. The van der Waals surface area contributed by atoms with E-state index < -0.39 is 35.6 Å². The maximum Gasteiger partial charge on any atom is 0.335 e. The summed E-state index contributed by atoms with van der Waals surface area (Å²) in [6, 6.07) is 0. The monoisotopic (exact) mass is 657 g/mol. The van der Waals surface area contributed by atoms with Crippen molar-refractivity contribution in [1.82, 2.24) is 25.1 Å². The lowest BCUT2D eigenvalue weighted by Gasteiger charge is -2.12. The summed E-state index contributed by atoms with van der Waals surface area (Å²) >= 11 is 0. The van der Waals surface area contributed by atoms with Gasteiger partial charge < -0.3 is 38.1 Å². The summed E-state index contributed by atoms with van der Waals surface area (Å²) in [4.78, 5) is 78.4. The van der Waals surface area contributed by atoms with Crippen LogP contribution in [-0.4, -0.2) is 133 Å². The van der Waals surface area contributed by atoms with Crippen LogP contribution in [0, 0.1) is 0 Å². The average molecular weight is 658 g/mol. The normalized spacial score (nSPS) is 15.0. The molecule has 3 heterocycles. The second kappa shape index (κ2) is 21.0. The molecular formula is C27H39N5O14. The lowest BCUT2D eigenvalue weighted by molar-refractivity contribution is -0.198. The Hall–Kier alpha value is -3.88. The van der Waals surface area contributed by atoms with E-state index in [4.69, 9.17) is 38.1 Å². The predicted octanol–water partition coefficient (Wildman–Crippen LogP) is -1.13. The van der Waals surface area contributed by atoms with Gasteiger partial charge in [0, 0.05) is 25.7 Å². The van der Waals surface area contributed by atoms with Crippen LogP contribution in [-0.2, 0) is 80.0 Å². The van der Waals surface area contributed by atoms with Gasteiger partial charge in [0.2, 0.25) is 0 Å². The largest absolute Gasteiger partial charge is 0.378 e. The van der Waals surface area contributed by atoms with E-state index in [0.717, 1.165) is 0 Å². The smallest absolute Gasteiger partial charge is 0.335 e. The Labute approximate surface area is 264 Å². The number of aromatic nitrogens is 3. The molecule has 3 rings (SSSR count). The molecule has 0 aromatic carbocycles. The quantitative estimate of drug-likeness (QED) is 0.0899. The van der Waals surface area contributed by atoms with E-state index in [2.05, 4.69) is 10.3 Å². The van der Waals surface area contributed by atoms with Gasteiger partial charge in [0.25, 0.3) is 23.6 Å². The molecular weight excluding hydrogens is 618 g/mol. The van der Waals surface area contributed by atoms with Crippen molar-refractivity contribution >= 4 is 35.6 Å². The summed E-state index contributed by atoms with van der Waals surface area (Å²) in [6.45, 7) is 3.81. The summed E-state index contributed by atoms with van der Waals surface area (Å²) in [6.07, 6.45) is 1.74. The summed E-state index contributed by atoms with van der Waals surface area (Å²) in [5, 5.41) is 9.07. The third-order valence-corrected chi connectivity index (χ3v) is 6.09. The number of nitrogens with zero attached hydrogens (tertiary/aromatic N) is 5. The van der Waals surface area contributed by atoms with Gasteiger partial charge in [0.05, 0.1) is 105 Å². The lowest BCUT2D eigenvalue weighted by Crippen LogP contribution is -2.32. The molecule has 0 atom stereocenters. The number of imide groups is 2. The topological polar surface area (TPSA) is 213 Å². The van der Waals surface area contributed by atoms with Crippen LogP contribution in [0.15, 0.2) is 6.20 Å². The highest BCUT2D eigenvalue weighted by molar-refractivity contribution is 6.02. The summed E-state index contributed by atoms with van der Waals surface area (Å²) in [5.74, 6) is -3.54. The molecule has 1 aromatic heterocycles. The molecule has 1 aromatic rings. The van der Waals surface area contributed by atoms with Crippen LogP contribution in [0.3, 0.4) is 0 Å². The molecule has 2 saturated heterocycles. The van der Waals surface area contributed by atoms with Crippen LogP contribution in [0.2, 0.25) is 0 Å². The number of ether oxygens (including phenoxy) is 6. The van der Waals surface area contributed by atoms with Gasteiger partial charge in [-0.05, 0) is 0 Å². The van der Waals surface area contributed by atoms with Crippen LogP contribution < -0.4 is 0 Å². The summed E-state index contributed by atoms with van der Waals surface area (Å²) < 4.78 is 34.0. The third-order valence-electron chi connectivity index (χ3n) is 6.09. The zero-order valence-electron chi connectivity index (χ0n) is 25.5. The van der Waals surface area contributed by atoms with Gasteiger partial charge in [-0.2, -0.15) is 0 Å².